The van der Waals surface area contributed by atoms with E-state index in [-0.39, 0.29) is 31.4 Å². The van der Waals surface area contributed by atoms with E-state index in [1.165, 1.54) is 6.92 Å². The molecule has 0 spiro atoms. The molecule has 0 saturated carbocycles. The van der Waals surface area contributed by atoms with E-state index < -0.39 is 24.2 Å². The van der Waals surface area contributed by atoms with Crippen molar-refractivity contribution in [2.45, 2.75) is 51.9 Å². The fourth-order valence-electron chi connectivity index (χ4n) is 1.99. The van der Waals surface area contributed by atoms with Gasteiger partial charge in [0.25, 0.3) is 0 Å². The summed E-state index contributed by atoms with van der Waals surface area (Å²) in [6.45, 7) is 5.54. The van der Waals surface area contributed by atoms with Crippen LogP contribution >= 0.6 is 0 Å². The Labute approximate surface area is 107 Å². The molecular formula is C12H21NO5. The van der Waals surface area contributed by atoms with Crippen LogP contribution in [0.2, 0.25) is 0 Å². The van der Waals surface area contributed by atoms with Gasteiger partial charge >= 0.3 is 6.09 Å². The average Bonchev–Trinajstić information content (AvgIpc) is 2.58. The minimum atomic E-state index is -0.946. The normalized spacial score (nSPS) is 23.1. The highest BCUT2D eigenvalue weighted by molar-refractivity contribution is 5.93. The van der Waals surface area contributed by atoms with Gasteiger partial charge in [-0.15, -0.1) is 0 Å². The number of hydrogen-bond donors (Lipinski definition) is 2. The fraction of sp³-hybridized carbons (Fsp3) is 0.833. The van der Waals surface area contributed by atoms with E-state index >= 15 is 0 Å². The second-order valence-corrected chi connectivity index (χ2v) is 5.09. The van der Waals surface area contributed by atoms with Crippen LogP contribution in [0, 0.1) is 5.92 Å². The molecule has 0 aliphatic carbocycles. The third kappa shape index (κ3) is 3.68. The lowest BCUT2D eigenvalue weighted by atomic mass is 10.0. The van der Waals surface area contributed by atoms with Crippen LogP contribution in [0.5, 0.6) is 0 Å². The van der Waals surface area contributed by atoms with Crippen LogP contribution in [-0.4, -0.2) is 52.0 Å². The largest absolute Gasteiger partial charge is 0.447 e. The van der Waals surface area contributed by atoms with Crippen LogP contribution in [-0.2, 0) is 9.53 Å². The molecular weight excluding hydrogens is 238 g/mol. The fourth-order valence-corrected chi connectivity index (χ4v) is 1.99. The van der Waals surface area contributed by atoms with Gasteiger partial charge in [0.15, 0.2) is 0 Å². The number of cyclic esters (lactones) is 1. The minimum Gasteiger partial charge on any atom is -0.447 e. The van der Waals surface area contributed by atoms with Crippen LogP contribution in [0.4, 0.5) is 4.79 Å². The Kier molecular flexibility index (Phi) is 5.10. The molecule has 2 amide bonds. The number of amides is 2. The summed E-state index contributed by atoms with van der Waals surface area (Å²) in [4.78, 5) is 24.5. The molecule has 0 bridgehead atoms. The molecule has 0 aromatic heterocycles. The Balaban J connectivity index is 2.61. The average molecular weight is 259 g/mol. The van der Waals surface area contributed by atoms with Crippen molar-refractivity contribution in [2.24, 2.45) is 5.92 Å². The summed E-state index contributed by atoms with van der Waals surface area (Å²) in [7, 11) is 0. The Hall–Kier alpha value is -1.14. The summed E-state index contributed by atoms with van der Waals surface area (Å²) in [5.41, 5.74) is 0. The number of carbonyl (C=O) groups is 2. The molecule has 6 nitrogen and oxygen atoms in total. The van der Waals surface area contributed by atoms with E-state index in [0.717, 1.165) is 4.90 Å². The number of aliphatic hydroxyl groups excluding tert-OH is 2. The summed E-state index contributed by atoms with van der Waals surface area (Å²) in [6, 6.07) is -0.274. The predicted molar refractivity (Wildman–Crippen MR) is 63.7 cm³/mol. The summed E-state index contributed by atoms with van der Waals surface area (Å²) < 4.78 is 4.86. The van der Waals surface area contributed by atoms with Crippen LogP contribution in [0.25, 0.3) is 0 Å². The van der Waals surface area contributed by atoms with Gasteiger partial charge in [0.2, 0.25) is 5.91 Å². The number of hydrogen-bond acceptors (Lipinski definition) is 5. The highest BCUT2D eigenvalue weighted by atomic mass is 16.6. The monoisotopic (exact) mass is 259 g/mol. The molecule has 0 radical (unpaired) electrons. The summed E-state index contributed by atoms with van der Waals surface area (Å²) in [5.74, 6) is -0.348. The first kappa shape index (κ1) is 14.9. The standard InChI is InChI=1S/C12H21NO5/c1-7(2)10-6-18-12(17)13(10)11(16)5-9(15)4-8(3)14/h7-10,14-15H,4-6H2,1-3H3/t8-,9+,10+/m0/s1. The second-order valence-electron chi connectivity index (χ2n) is 5.09. The predicted octanol–water partition coefficient (Wildman–Crippen LogP) is 0.512. The summed E-state index contributed by atoms with van der Waals surface area (Å²) >= 11 is 0. The number of ether oxygens (including phenoxy) is 1. The van der Waals surface area contributed by atoms with Gasteiger partial charge in [-0.1, -0.05) is 13.8 Å². The van der Waals surface area contributed by atoms with Gasteiger partial charge in [0.05, 0.1) is 24.7 Å². The molecule has 1 fully saturated rings. The Morgan fingerprint density at radius 1 is 1.44 bits per heavy atom. The van der Waals surface area contributed by atoms with E-state index in [2.05, 4.69) is 0 Å². The first-order chi connectivity index (χ1) is 8.32. The van der Waals surface area contributed by atoms with E-state index in [1.54, 1.807) is 0 Å². The first-order valence-corrected chi connectivity index (χ1v) is 6.17. The van der Waals surface area contributed by atoms with E-state index in [0.29, 0.717) is 0 Å². The van der Waals surface area contributed by atoms with Crippen molar-refractivity contribution in [2.75, 3.05) is 6.61 Å². The molecule has 1 saturated heterocycles. The van der Waals surface area contributed by atoms with Crippen LogP contribution in [0.1, 0.15) is 33.6 Å². The van der Waals surface area contributed by atoms with E-state index in [9.17, 15) is 14.7 Å². The number of imide groups is 1. The molecule has 3 atom stereocenters. The van der Waals surface area contributed by atoms with Crippen molar-refractivity contribution in [3.8, 4) is 0 Å². The number of nitrogens with zero attached hydrogens (tertiary/aromatic N) is 1. The SMILES string of the molecule is CC(C)[C@H]1COC(=O)N1C(=O)C[C@H](O)C[C@H](C)O. The van der Waals surface area contributed by atoms with Gasteiger partial charge in [0.1, 0.15) is 6.61 Å². The van der Waals surface area contributed by atoms with Gasteiger partial charge in [-0.2, -0.15) is 0 Å². The zero-order valence-corrected chi connectivity index (χ0v) is 11.0. The van der Waals surface area contributed by atoms with Crippen molar-refractivity contribution < 1.29 is 24.5 Å². The minimum absolute atomic E-state index is 0.106. The molecule has 18 heavy (non-hydrogen) atoms. The van der Waals surface area contributed by atoms with E-state index in [4.69, 9.17) is 9.84 Å². The van der Waals surface area contributed by atoms with Gasteiger partial charge in [-0.3, -0.25) is 4.79 Å². The first-order valence-electron chi connectivity index (χ1n) is 6.17. The van der Waals surface area contributed by atoms with E-state index in [1.807, 2.05) is 13.8 Å². The van der Waals surface area contributed by atoms with Gasteiger partial charge in [0, 0.05) is 0 Å². The molecule has 1 aliphatic rings. The molecule has 0 aromatic carbocycles. The van der Waals surface area contributed by atoms with Crippen LogP contribution < -0.4 is 0 Å². The van der Waals surface area contributed by atoms with Gasteiger partial charge in [-0.25, -0.2) is 9.69 Å². The van der Waals surface area contributed by atoms with Crippen molar-refractivity contribution in [1.29, 1.82) is 0 Å². The van der Waals surface area contributed by atoms with Gasteiger partial charge in [-0.05, 0) is 19.3 Å². The van der Waals surface area contributed by atoms with Crippen molar-refractivity contribution in [3.05, 3.63) is 0 Å². The van der Waals surface area contributed by atoms with Crippen molar-refractivity contribution in [3.63, 3.8) is 0 Å². The highest BCUT2D eigenvalue weighted by Crippen LogP contribution is 2.21. The molecule has 1 rings (SSSR count). The summed E-state index contributed by atoms with van der Waals surface area (Å²) in [6.07, 6.45) is -2.34. The maximum absolute atomic E-state index is 11.9. The maximum Gasteiger partial charge on any atom is 0.416 e. The smallest absolute Gasteiger partial charge is 0.416 e. The molecule has 1 aliphatic heterocycles. The number of aliphatic hydroxyl groups is 2. The second kappa shape index (κ2) is 6.15. The summed E-state index contributed by atoms with van der Waals surface area (Å²) in [5, 5.41) is 18.7. The Morgan fingerprint density at radius 2 is 2.06 bits per heavy atom. The Morgan fingerprint density at radius 3 is 2.56 bits per heavy atom. The molecule has 1 heterocycles. The number of rotatable bonds is 5. The van der Waals surface area contributed by atoms with Crippen molar-refractivity contribution in [1.82, 2.24) is 4.90 Å². The molecule has 6 heteroatoms. The zero-order chi connectivity index (χ0) is 13.9. The lowest BCUT2D eigenvalue weighted by Gasteiger charge is -2.23. The molecule has 0 aromatic rings. The highest BCUT2D eigenvalue weighted by Gasteiger charge is 2.39. The molecule has 2 N–H and O–H groups in total. The zero-order valence-electron chi connectivity index (χ0n) is 11.0. The quantitative estimate of drug-likeness (QED) is 0.751. The van der Waals surface area contributed by atoms with Crippen LogP contribution in [0.3, 0.4) is 0 Å². The lowest BCUT2D eigenvalue weighted by Crippen LogP contribution is -2.43. The lowest BCUT2D eigenvalue weighted by molar-refractivity contribution is -0.132. The molecule has 0 unspecified atom stereocenters. The van der Waals surface area contributed by atoms with Crippen LogP contribution in [0.15, 0.2) is 0 Å². The van der Waals surface area contributed by atoms with Crippen molar-refractivity contribution >= 4 is 12.0 Å². The topological polar surface area (TPSA) is 87.1 Å². The number of carbonyl (C=O) groups excluding carboxylic acids is 2. The molecule has 104 valence electrons. The third-order valence-corrected chi connectivity index (χ3v) is 2.97. The maximum atomic E-state index is 11.9. The van der Waals surface area contributed by atoms with Gasteiger partial charge < -0.3 is 14.9 Å². The third-order valence-electron chi connectivity index (χ3n) is 2.97. The Bertz CT molecular complexity index is 316.